The average Bonchev–Trinajstić information content (AvgIpc) is 1.97. The smallest absolute Gasteiger partial charge is 0.0169 e. The van der Waals surface area contributed by atoms with Crippen LogP contribution in [0.2, 0.25) is 0 Å². The molecule has 1 radical (unpaired) electrons. The van der Waals surface area contributed by atoms with Gasteiger partial charge in [-0.25, -0.2) is 0 Å². The van der Waals surface area contributed by atoms with Crippen LogP contribution in [0, 0.1) is 6.92 Å². The van der Waals surface area contributed by atoms with Crippen molar-refractivity contribution in [3.63, 3.8) is 0 Å². The van der Waals surface area contributed by atoms with Crippen LogP contribution in [0.5, 0.6) is 0 Å². The summed E-state index contributed by atoms with van der Waals surface area (Å²) in [4.78, 5) is 0. The normalized spacial score (nSPS) is 11.8. The van der Waals surface area contributed by atoms with Crippen molar-refractivity contribution >= 4 is 0 Å². The number of hydrogen-bond acceptors (Lipinski definition) is 0. The summed E-state index contributed by atoms with van der Waals surface area (Å²) >= 11 is 0. The lowest BCUT2D eigenvalue weighted by atomic mass is 10.2. The fourth-order valence-corrected chi connectivity index (χ4v) is 0.711. The monoisotopic (exact) mass is 137 g/mol. The molecule has 0 unspecified atom stereocenters. The standard InChI is InChI=1S/C10H17/c1-3-5-7-9-10-8-6-4-2/h3,5,9-10H,1,4,6-8H2,2H3. The fourth-order valence-electron chi connectivity index (χ4n) is 0.711. The maximum atomic E-state index is 3.61. The molecule has 0 heterocycles. The first-order valence-corrected chi connectivity index (χ1v) is 4.01. The Hall–Kier alpha value is -0.520. The molecular weight excluding hydrogens is 120 g/mol. The molecule has 0 aliphatic heterocycles. The zero-order chi connectivity index (χ0) is 7.66. The molecule has 0 aromatic heterocycles. The highest BCUT2D eigenvalue weighted by Gasteiger charge is 1.75. The van der Waals surface area contributed by atoms with Gasteiger partial charge < -0.3 is 0 Å². The number of hydrogen-bond donors (Lipinski definition) is 0. The molecule has 0 amide bonds. The van der Waals surface area contributed by atoms with Crippen molar-refractivity contribution in [3.05, 3.63) is 31.2 Å². The molecule has 0 spiro atoms. The Balaban J connectivity index is 3.04. The first kappa shape index (κ1) is 9.48. The largest absolute Gasteiger partial charge is 0.0882 e. The Kier molecular flexibility index (Phi) is 8.04. The molecule has 10 heavy (non-hydrogen) atoms. The first-order chi connectivity index (χ1) is 4.91. The predicted molar refractivity (Wildman–Crippen MR) is 47.8 cm³/mol. The van der Waals surface area contributed by atoms with Crippen molar-refractivity contribution < 1.29 is 0 Å². The molecule has 0 heteroatoms. The van der Waals surface area contributed by atoms with Crippen LogP contribution < -0.4 is 0 Å². The van der Waals surface area contributed by atoms with E-state index in [4.69, 9.17) is 0 Å². The zero-order valence-corrected chi connectivity index (χ0v) is 6.84. The van der Waals surface area contributed by atoms with Crippen LogP contribution in [0.25, 0.3) is 0 Å². The van der Waals surface area contributed by atoms with E-state index in [1.165, 1.54) is 19.3 Å². The molecule has 0 nitrogen and oxygen atoms in total. The summed E-state index contributed by atoms with van der Waals surface area (Å²) in [7, 11) is 0. The van der Waals surface area contributed by atoms with Gasteiger partial charge in [0.25, 0.3) is 0 Å². The molecule has 0 aromatic rings. The molecule has 0 atom stereocenters. The van der Waals surface area contributed by atoms with E-state index in [-0.39, 0.29) is 0 Å². The van der Waals surface area contributed by atoms with Crippen LogP contribution in [0.15, 0.2) is 24.3 Å². The first-order valence-electron chi connectivity index (χ1n) is 4.01. The van der Waals surface area contributed by atoms with Crippen molar-refractivity contribution in [2.75, 3.05) is 0 Å². The molecule has 0 fully saturated rings. The van der Waals surface area contributed by atoms with Gasteiger partial charge in [0.05, 0.1) is 0 Å². The van der Waals surface area contributed by atoms with Gasteiger partial charge in [-0.2, -0.15) is 0 Å². The molecule has 0 bridgehead atoms. The van der Waals surface area contributed by atoms with Crippen molar-refractivity contribution in [3.8, 4) is 0 Å². The average molecular weight is 137 g/mol. The third-order valence-electron chi connectivity index (χ3n) is 1.33. The Morgan fingerprint density at radius 1 is 1.20 bits per heavy atom. The van der Waals surface area contributed by atoms with E-state index in [1.807, 2.05) is 6.08 Å². The summed E-state index contributed by atoms with van der Waals surface area (Å²) < 4.78 is 0. The van der Waals surface area contributed by atoms with Gasteiger partial charge in [-0.3, -0.25) is 0 Å². The van der Waals surface area contributed by atoms with Crippen molar-refractivity contribution in [1.82, 2.24) is 0 Å². The number of allylic oxidation sites excluding steroid dienone is 4. The Morgan fingerprint density at radius 3 is 2.60 bits per heavy atom. The highest BCUT2D eigenvalue weighted by molar-refractivity contribution is 4.93. The van der Waals surface area contributed by atoms with Crippen molar-refractivity contribution in [2.24, 2.45) is 0 Å². The summed E-state index contributed by atoms with van der Waals surface area (Å²) in [5.74, 6) is 0. The van der Waals surface area contributed by atoms with E-state index in [1.54, 1.807) is 0 Å². The summed E-state index contributed by atoms with van der Waals surface area (Å²) in [6, 6.07) is 0. The molecule has 0 saturated heterocycles. The second-order valence-electron chi connectivity index (χ2n) is 2.32. The summed E-state index contributed by atoms with van der Waals surface area (Å²) in [6.45, 7) is 5.82. The molecule has 0 aromatic carbocycles. The Morgan fingerprint density at radius 2 is 2.00 bits per heavy atom. The second-order valence-corrected chi connectivity index (χ2v) is 2.32. The summed E-state index contributed by atoms with van der Waals surface area (Å²) in [5, 5.41) is 0. The van der Waals surface area contributed by atoms with Gasteiger partial charge in [0, 0.05) is 0 Å². The van der Waals surface area contributed by atoms with Crippen molar-refractivity contribution in [2.45, 2.75) is 32.6 Å². The Bertz CT molecular complexity index is 98.6. The van der Waals surface area contributed by atoms with Crippen LogP contribution in [0.1, 0.15) is 32.6 Å². The SMILES string of the molecule is [CH2]C=CCC=CCCCC. The Labute approximate surface area is 64.6 Å². The minimum absolute atomic E-state index is 1.03. The lowest BCUT2D eigenvalue weighted by Gasteiger charge is -1.86. The van der Waals surface area contributed by atoms with Gasteiger partial charge in [-0.05, 0) is 19.8 Å². The molecule has 0 saturated carbocycles. The van der Waals surface area contributed by atoms with E-state index in [0.717, 1.165) is 6.42 Å². The second kappa shape index (κ2) is 8.48. The maximum Gasteiger partial charge on any atom is -0.0169 e. The van der Waals surface area contributed by atoms with Gasteiger partial charge in [0.1, 0.15) is 0 Å². The van der Waals surface area contributed by atoms with Crippen molar-refractivity contribution in [1.29, 1.82) is 0 Å². The van der Waals surface area contributed by atoms with Crippen LogP contribution in [-0.2, 0) is 0 Å². The summed E-state index contributed by atoms with van der Waals surface area (Å²) in [6.07, 6.45) is 13.2. The van der Waals surface area contributed by atoms with E-state index in [9.17, 15) is 0 Å². The number of rotatable bonds is 5. The minimum Gasteiger partial charge on any atom is -0.0882 e. The van der Waals surface area contributed by atoms with Gasteiger partial charge >= 0.3 is 0 Å². The number of unbranched alkanes of at least 4 members (excludes halogenated alkanes) is 2. The van der Waals surface area contributed by atoms with Gasteiger partial charge in [-0.15, -0.1) is 0 Å². The highest BCUT2D eigenvalue weighted by Crippen LogP contribution is 1.96. The van der Waals surface area contributed by atoms with Gasteiger partial charge in [0.2, 0.25) is 0 Å². The summed E-state index contributed by atoms with van der Waals surface area (Å²) in [5.41, 5.74) is 0. The quantitative estimate of drug-likeness (QED) is 0.402. The zero-order valence-electron chi connectivity index (χ0n) is 6.84. The third kappa shape index (κ3) is 7.48. The fraction of sp³-hybridized carbons (Fsp3) is 0.500. The van der Waals surface area contributed by atoms with Crippen LogP contribution in [0.4, 0.5) is 0 Å². The molecule has 0 rings (SSSR count). The third-order valence-corrected chi connectivity index (χ3v) is 1.33. The molecule has 0 aliphatic carbocycles. The van der Waals surface area contributed by atoms with E-state index >= 15 is 0 Å². The molecule has 0 N–H and O–H groups in total. The lowest BCUT2D eigenvalue weighted by molar-refractivity contribution is 0.813. The molecule has 0 aliphatic rings. The molecule has 57 valence electrons. The minimum atomic E-state index is 1.03. The van der Waals surface area contributed by atoms with Crippen LogP contribution >= 0.6 is 0 Å². The van der Waals surface area contributed by atoms with Gasteiger partial charge in [0.15, 0.2) is 0 Å². The van der Waals surface area contributed by atoms with Crippen LogP contribution in [0.3, 0.4) is 0 Å². The predicted octanol–water partition coefficient (Wildman–Crippen LogP) is 3.51. The van der Waals surface area contributed by atoms with Gasteiger partial charge in [-0.1, -0.05) is 44.1 Å². The van der Waals surface area contributed by atoms with E-state index in [0.29, 0.717) is 0 Å². The lowest BCUT2D eigenvalue weighted by Crippen LogP contribution is -1.66. The topological polar surface area (TPSA) is 0 Å². The molecular formula is C10H17. The highest BCUT2D eigenvalue weighted by atomic mass is 13.8. The van der Waals surface area contributed by atoms with Crippen LogP contribution in [-0.4, -0.2) is 0 Å². The van der Waals surface area contributed by atoms with E-state index < -0.39 is 0 Å². The maximum absolute atomic E-state index is 3.61. The van der Waals surface area contributed by atoms with E-state index in [2.05, 4.69) is 32.1 Å².